The first-order chi connectivity index (χ1) is 14.8. The molecule has 0 radical (unpaired) electrons. The summed E-state index contributed by atoms with van der Waals surface area (Å²) < 4.78 is 5.45. The number of aromatic nitrogens is 1. The molecule has 2 aromatic carbocycles. The Hall–Kier alpha value is -3.23. The summed E-state index contributed by atoms with van der Waals surface area (Å²) >= 11 is 0. The molecule has 3 heterocycles. The Labute approximate surface area is 176 Å². The van der Waals surface area contributed by atoms with Crippen molar-refractivity contribution in [1.82, 2.24) is 9.88 Å². The van der Waals surface area contributed by atoms with Crippen molar-refractivity contribution in [3.63, 3.8) is 0 Å². The normalized spacial score (nSPS) is 15.1. The molecule has 0 atom stereocenters. The largest absolute Gasteiger partial charge is 0.464 e. The number of benzene rings is 2. The zero-order valence-electron chi connectivity index (χ0n) is 17.1. The van der Waals surface area contributed by atoms with Gasteiger partial charge in [-0.3, -0.25) is 4.90 Å². The molecule has 30 heavy (non-hydrogen) atoms. The van der Waals surface area contributed by atoms with Gasteiger partial charge in [0.05, 0.1) is 17.9 Å². The molecule has 0 bridgehead atoms. The third-order valence-corrected chi connectivity index (χ3v) is 6.24. The van der Waals surface area contributed by atoms with E-state index in [9.17, 15) is 0 Å². The number of anilines is 1. The smallest absolute Gasteiger partial charge is 0.133 e. The van der Waals surface area contributed by atoms with Gasteiger partial charge in [0.25, 0.3) is 0 Å². The maximum atomic E-state index is 9.14. The van der Waals surface area contributed by atoms with E-state index in [-0.39, 0.29) is 0 Å². The van der Waals surface area contributed by atoms with Gasteiger partial charge in [0.1, 0.15) is 5.58 Å². The fraction of sp³-hybridized carbons (Fsp3) is 0.320. The summed E-state index contributed by atoms with van der Waals surface area (Å²) in [5.74, 6) is 0. The summed E-state index contributed by atoms with van der Waals surface area (Å²) in [6.07, 6.45) is 7.28. The van der Waals surface area contributed by atoms with Crippen molar-refractivity contribution < 1.29 is 4.42 Å². The van der Waals surface area contributed by atoms with Gasteiger partial charge in [0.15, 0.2) is 0 Å². The maximum absolute atomic E-state index is 9.14. The molecule has 0 saturated carbocycles. The molecule has 0 amide bonds. The van der Waals surface area contributed by atoms with Gasteiger partial charge in [-0.1, -0.05) is 0 Å². The topological polar surface area (TPSA) is 59.2 Å². The fourth-order valence-electron chi connectivity index (χ4n) is 4.49. The first-order valence-electron chi connectivity index (χ1n) is 10.7. The summed E-state index contributed by atoms with van der Waals surface area (Å²) in [5, 5.41) is 11.5. The molecule has 0 aliphatic carbocycles. The van der Waals surface area contributed by atoms with Crippen LogP contribution in [0.5, 0.6) is 0 Å². The van der Waals surface area contributed by atoms with Crippen molar-refractivity contribution in [1.29, 1.82) is 5.26 Å². The highest BCUT2D eigenvalue weighted by Gasteiger charge is 2.17. The van der Waals surface area contributed by atoms with E-state index in [2.05, 4.69) is 45.2 Å². The minimum Gasteiger partial charge on any atom is -0.464 e. The minimum absolute atomic E-state index is 0.730. The van der Waals surface area contributed by atoms with E-state index in [0.717, 1.165) is 55.8 Å². The van der Waals surface area contributed by atoms with E-state index < -0.39 is 0 Å². The fourth-order valence-corrected chi connectivity index (χ4v) is 4.49. The molecule has 5 rings (SSSR count). The Kier molecular flexibility index (Phi) is 5.17. The zero-order valence-corrected chi connectivity index (χ0v) is 17.1. The van der Waals surface area contributed by atoms with Crippen molar-refractivity contribution in [3.05, 3.63) is 66.1 Å². The van der Waals surface area contributed by atoms with Crippen molar-refractivity contribution in [2.45, 2.75) is 19.3 Å². The van der Waals surface area contributed by atoms with Gasteiger partial charge in [-0.2, -0.15) is 5.26 Å². The predicted octanol–water partition coefficient (Wildman–Crippen LogP) is 4.93. The Balaban J connectivity index is 1.10. The summed E-state index contributed by atoms with van der Waals surface area (Å²) in [7, 11) is 0. The molecule has 5 nitrogen and oxygen atoms in total. The first-order valence-corrected chi connectivity index (χ1v) is 10.7. The van der Waals surface area contributed by atoms with E-state index in [1.807, 2.05) is 24.3 Å². The Bertz CT molecular complexity index is 1190. The molecular formula is C25H26N4O. The summed E-state index contributed by atoms with van der Waals surface area (Å²) in [5.41, 5.74) is 5.42. The Morgan fingerprint density at radius 1 is 1.00 bits per heavy atom. The number of aryl methyl sites for hydroxylation is 1. The summed E-state index contributed by atoms with van der Waals surface area (Å²) in [6, 6.07) is 16.6. The van der Waals surface area contributed by atoms with E-state index in [1.54, 1.807) is 6.26 Å². The number of H-pyrrole nitrogens is 1. The molecule has 1 fully saturated rings. The van der Waals surface area contributed by atoms with E-state index >= 15 is 0 Å². The lowest BCUT2D eigenvalue weighted by molar-refractivity contribution is 0.253. The molecular weight excluding hydrogens is 372 g/mol. The molecule has 152 valence electrons. The zero-order chi connectivity index (χ0) is 20.3. The number of unbranched alkanes of at least 4 members (excludes halogenated alkanes) is 1. The van der Waals surface area contributed by atoms with Gasteiger partial charge in [-0.25, -0.2) is 0 Å². The number of hydrogen-bond donors (Lipinski definition) is 1. The number of piperazine rings is 1. The van der Waals surface area contributed by atoms with Crippen LogP contribution in [0.2, 0.25) is 0 Å². The standard InChI is InChI=1S/C25H26N4O/c26-17-19-4-6-24-23(15-19)21(18-27-24)3-1-2-9-28-10-12-29(13-11-28)22-5-7-25-20(16-22)8-14-30-25/h4-8,14-16,18,27H,1-3,9-13H2. The summed E-state index contributed by atoms with van der Waals surface area (Å²) in [4.78, 5) is 8.38. The average molecular weight is 399 g/mol. The lowest BCUT2D eigenvalue weighted by Crippen LogP contribution is -2.46. The van der Waals surface area contributed by atoms with Crippen LogP contribution < -0.4 is 4.90 Å². The average Bonchev–Trinajstić information content (AvgIpc) is 3.43. The highest BCUT2D eigenvalue weighted by atomic mass is 16.3. The van der Waals surface area contributed by atoms with Crippen LogP contribution in [0.4, 0.5) is 5.69 Å². The molecule has 1 aliphatic rings. The quantitative estimate of drug-likeness (QED) is 0.468. The van der Waals surface area contributed by atoms with Crippen LogP contribution in [-0.4, -0.2) is 42.6 Å². The number of furan rings is 1. The number of nitriles is 1. The lowest BCUT2D eigenvalue weighted by atomic mass is 10.1. The van der Waals surface area contributed by atoms with Gasteiger partial charge in [0, 0.05) is 54.4 Å². The number of nitrogens with one attached hydrogen (secondary N) is 1. The first kappa shape index (κ1) is 18.8. The van der Waals surface area contributed by atoms with Crippen molar-refractivity contribution in [2.75, 3.05) is 37.6 Å². The predicted molar refractivity (Wildman–Crippen MR) is 121 cm³/mol. The van der Waals surface area contributed by atoms with Gasteiger partial charge >= 0.3 is 0 Å². The second-order valence-electron chi connectivity index (χ2n) is 8.11. The molecule has 0 unspecified atom stereocenters. The molecule has 1 aliphatic heterocycles. The van der Waals surface area contributed by atoms with E-state index in [4.69, 9.17) is 9.68 Å². The molecule has 2 aromatic heterocycles. The number of hydrogen-bond acceptors (Lipinski definition) is 4. The van der Waals surface area contributed by atoms with Crippen LogP contribution in [0.3, 0.4) is 0 Å². The van der Waals surface area contributed by atoms with Crippen LogP contribution in [0, 0.1) is 11.3 Å². The van der Waals surface area contributed by atoms with Crippen LogP contribution in [-0.2, 0) is 6.42 Å². The Morgan fingerprint density at radius 3 is 2.77 bits per heavy atom. The van der Waals surface area contributed by atoms with Crippen LogP contribution >= 0.6 is 0 Å². The van der Waals surface area contributed by atoms with Gasteiger partial charge in [-0.05, 0) is 73.8 Å². The Morgan fingerprint density at radius 2 is 1.90 bits per heavy atom. The van der Waals surface area contributed by atoms with Crippen molar-refractivity contribution >= 4 is 27.6 Å². The molecule has 0 spiro atoms. The second-order valence-corrected chi connectivity index (χ2v) is 8.11. The monoisotopic (exact) mass is 398 g/mol. The molecule has 4 aromatic rings. The number of rotatable bonds is 6. The van der Waals surface area contributed by atoms with Crippen molar-refractivity contribution in [3.8, 4) is 6.07 Å². The highest BCUT2D eigenvalue weighted by molar-refractivity contribution is 5.84. The second kappa shape index (κ2) is 8.25. The highest BCUT2D eigenvalue weighted by Crippen LogP contribution is 2.24. The van der Waals surface area contributed by atoms with Crippen LogP contribution in [0.25, 0.3) is 21.9 Å². The molecule has 1 saturated heterocycles. The van der Waals surface area contributed by atoms with Crippen molar-refractivity contribution in [2.24, 2.45) is 0 Å². The maximum Gasteiger partial charge on any atom is 0.133 e. The third-order valence-electron chi connectivity index (χ3n) is 6.24. The third kappa shape index (κ3) is 3.79. The molecule has 5 heteroatoms. The number of fused-ring (bicyclic) bond motifs is 2. The van der Waals surface area contributed by atoms with Gasteiger partial charge in [0.2, 0.25) is 0 Å². The minimum atomic E-state index is 0.730. The lowest BCUT2D eigenvalue weighted by Gasteiger charge is -2.36. The van der Waals surface area contributed by atoms with E-state index in [0.29, 0.717) is 0 Å². The van der Waals surface area contributed by atoms with Gasteiger partial charge < -0.3 is 14.3 Å². The van der Waals surface area contributed by atoms with Crippen LogP contribution in [0.1, 0.15) is 24.0 Å². The molecule has 1 N–H and O–H groups in total. The SMILES string of the molecule is N#Cc1ccc2[nH]cc(CCCCN3CCN(c4ccc5occc5c4)CC3)c2c1. The van der Waals surface area contributed by atoms with Gasteiger partial charge in [-0.15, -0.1) is 0 Å². The van der Waals surface area contributed by atoms with Crippen LogP contribution in [0.15, 0.2) is 59.3 Å². The number of nitrogens with zero attached hydrogens (tertiary/aromatic N) is 3. The summed E-state index contributed by atoms with van der Waals surface area (Å²) in [6.45, 7) is 5.52. The number of aromatic amines is 1. The van der Waals surface area contributed by atoms with E-state index in [1.165, 1.54) is 34.9 Å².